The summed E-state index contributed by atoms with van der Waals surface area (Å²) in [6.45, 7) is 3.17. The molecule has 0 aliphatic carbocycles. The largest absolute Gasteiger partial charge is 0.368 e. The summed E-state index contributed by atoms with van der Waals surface area (Å²) in [6.07, 6.45) is 0. The van der Waals surface area contributed by atoms with Crippen LogP contribution in [0.25, 0.3) is 0 Å². The summed E-state index contributed by atoms with van der Waals surface area (Å²) in [5, 5.41) is 11.9. The molecule has 0 amide bonds. The summed E-state index contributed by atoms with van der Waals surface area (Å²) in [5.41, 5.74) is 2.00. The lowest BCUT2D eigenvalue weighted by molar-refractivity contribution is -0.384. The number of piperazine rings is 1. The average molecular weight is 318 g/mol. The van der Waals surface area contributed by atoms with Crippen LogP contribution in [0.15, 0.2) is 48.5 Å². The van der Waals surface area contributed by atoms with Crippen LogP contribution in [0.4, 0.5) is 17.1 Å². The van der Waals surface area contributed by atoms with Gasteiger partial charge in [0.05, 0.1) is 4.92 Å². The van der Waals surface area contributed by atoms with E-state index in [4.69, 9.17) is 11.6 Å². The fraction of sp³-hybridized carbons (Fsp3) is 0.250. The quantitative estimate of drug-likeness (QED) is 0.641. The van der Waals surface area contributed by atoms with E-state index in [2.05, 4.69) is 9.80 Å². The lowest BCUT2D eigenvalue weighted by atomic mass is 10.2. The van der Waals surface area contributed by atoms with E-state index in [-0.39, 0.29) is 10.6 Å². The van der Waals surface area contributed by atoms with E-state index in [1.165, 1.54) is 0 Å². The third-order valence-electron chi connectivity index (χ3n) is 3.89. The average Bonchev–Trinajstić information content (AvgIpc) is 2.56. The summed E-state index contributed by atoms with van der Waals surface area (Å²) < 4.78 is 0. The van der Waals surface area contributed by atoms with Crippen molar-refractivity contribution in [3.63, 3.8) is 0 Å². The van der Waals surface area contributed by atoms with Crippen molar-refractivity contribution in [3.05, 3.63) is 63.7 Å². The number of hydrogen-bond donors (Lipinski definition) is 0. The number of nitrogens with zero attached hydrogens (tertiary/aromatic N) is 3. The van der Waals surface area contributed by atoms with Crippen LogP contribution in [0.5, 0.6) is 0 Å². The first-order valence-corrected chi connectivity index (χ1v) is 7.52. The summed E-state index contributed by atoms with van der Waals surface area (Å²) in [6, 6.07) is 14.7. The molecule has 0 atom stereocenters. The standard InChI is InChI=1S/C16H16ClN3O2/c17-13-5-7-14(8-6-13)18-9-11-19(12-10-18)15-3-1-2-4-16(15)20(21)22/h1-8H,9-12H2. The van der Waals surface area contributed by atoms with E-state index in [0.717, 1.165) is 36.9 Å². The van der Waals surface area contributed by atoms with Crippen LogP contribution < -0.4 is 9.80 Å². The van der Waals surface area contributed by atoms with Crippen molar-refractivity contribution < 1.29 is 4.92 Å². The molecule has 5 nitrogen and oxygen atoms in total. The Kier molecular flexibility index (Phi) is 4.15. The minimum Gasteiger partial charge on any atom is -0.368 e. The molecule has 0 spiro atoms. The second kappa shape index (κ2) is 6.23. The minimum atomic E-state index is -0.319. The summed E-state index contributed by atoms with van der Waals surface area (Å²) in [4.78, 5) is 15.2. The highest BCUT2D eigenvalue weighted by atomic mass is 35.5. The summed E-state index contributed by atoms with van der Waals surface area (Å²) in [5.74, 6) is 0. The molecule has 0 unspecified atom stereocenters. The number of nitro benzene ring substituents is 1. The Bertz CT molecular complexity index is 667. The highest BCUT2D eigenvalue weighted by Crippen LogP contribution is 2.29. The molecule has 2 aromatic carbocycles. The number of nitro groups is 1. The Morgan fingerprint density at radius 2 is 1.50 bits per heavy atom. The number of rotatable bonds is 3. The van der Waals surface area contributed by atoms with Crippen LogP contribution in [0.1, 0.15) is 0 Å². The minimum absolute atomic E-state index is 0.169. The van der Waals surface area contributed by atoms with Gasteiger partial charge in [-0.3, -0.25) is 10.1 Å². The van der Waals surface area contributed by atoms with Gasteiger partial charge < -0.3 is 9.80 Å². The van der Waals surface area contributed by atoms with E-state index in [0.29, 0.717) is 5.69 Å². The van der Waals surface area contributed by atoms with Crippen molar-refractivity contribution in [2.75, 3.05) is 36.0 Å². The molecule has 1 aliphatic rings. The van der Waals surface area contributed by atoms with Gasteiger partial charge in [-0.1, -0.05) is 23.7 Å². The lowest BCUT2D eigenvalue weighted by Gasteiger charge is -2.37. The van der Waals surface area contributed by atoms with Crippen LogP contribution in [-0.4, -0.2) is 31.1 Å². The molecule has 1 saturated heterocycles. The van der Waals surface area contributed by atoms with E-state index >= 15 is 0 Å². The molecule has 6 heteroatoms. The van der Waals surface area contributed by atoms with Crippen molar-refractivity contribution in [1.29, 1.82) is 0 Å². The number of para-hydroxylation sites is 2. The molecule has 0 bridgehead atoms. The van der Waals surface area contributed by atoms with Gasteiger partial charge in [-0.15, -0.1) is 0 Å². The predicted molar refractivity (Wildman–Crippen MR) is 89.0 cm³/mol. The maximum atomic E-state index is 11.1. The maximum Gasteiger partial charge on any atom is 0.292 e. The second-order valence-electron chi connectivity index (χ2n) is 5.20. The molecule has 0 N–H and O–H groups in total. The topological polar surface area (TPSA) is 49.6 Å². The van der Waals surface area contributed by atoms with E-state index in [1.54, 1.807) is 12.1 Å². The second-order valence-corrected chi connectivity index (χ2v) is 5.63. The Labute approximate surface area is 133 Å². The van der Waals surface area contributed by atoms with Gasteiger partial charge in [0.2, 0.25) is 0 Å². The summed E-state index contributed by atoms with van der Waals surface area (Å²) in [7, 11) is 0. The van der Waals surface area contributed by atoms with Gasteiger partial charge in [-0.25, -0.2) is 0 Å². The van der Waals surface area contributed by atoms with Gasteiger partial charge in [-0.05, 0) is 30.3 Å². The third-order valence-corrected chi connectivity index (χ3v) is 4.14. The molecule has 22 heavy (non-hydrogen) atoms. The first kappa shape index (κ1) is 14.7. The van der Waals surface area contributed by atoms with Crippen molar-refractivity contribution in [2.24, 2.45) is 0 Å². The molecule has 0 radical (unpaired) electrons. The van der Waals surface area contributed by atoms with E-state index in [1.807, 2.05) is 36.4 Å². The van der Waals surface area contributed by atoms with Crippen LogP contribution in [0.3, 0.4) is 0 Å². The molecule has 1 aliphatic heterocycles. The molecule has 1 heterocycles. The fourth-order valence-electron chi connectivity index (χ4n) is 2.74. The Morgan fingerprint density at radius 3 is 2.14 bits per heavy atom. The number of benzene rings is 2. The van der Waals surface area contributed by atoms with E-state index < -0.39 is 0 Å². The molecule has 114 valence electrons. The van der Waals surface area contributed by atoms with Crippen LogP contribution in [0.2, 0.25) is 5.02 Å². The van der Waals surface area contributed by atoms with Gasteiger partial charge in [-0.2, -0.15) is 0 Å². The molecular weight excluding hydrogens is 302 g/mol. The normalized spacial score (nSPS) is 15.0. The van der Waals surface area contributed by atoms with Crippen LogP contribution >= 0.6 is 11.6 Å². The molecule has 0 aromatic heterocycles. The fourth-order valence-corrected chi connectivity index (χ4v) is 2.87. The smallest absolute Gasteiger partial charge is 0.292 e. The Hall–Kier alpha value is -2.27. The zero-order valence-corrected chi connectivity index (χ0v) is 12.7. The van der Waals surface area contributed by atoms with Gasteiger partial charge in [0.1, 0.15) is 5.69 Å². The van der Waals surface area contributed by atoms with Gasteiger partial charge in [0.15, 0.2) is 0 Å². The third kappa shape index (κ3) is 2.99. The van der Waals surface area contributed by atoms with Gasteiger partial charge in [0.25, 0.3) is 5.69 Å². The SMILES string of the molecule is O=[N+]([O-])c1ccccc1N1CCN(c2ccc(Cl)cc2)CC1. The van der Waals surface area contributed by atoms with Gasteiger partial charge >= 0.3 is 0 Å². The van der Waals surface area contributed by atoms with E-state index in [9.17, 15) is 10.1 Å². The van der Waals surface area contributed by atoms with Gasteiger partial charge in [0, 0.05) is 43.0 Å². The highest BCUT2D eigenvalue weighted by molar-refractivity contribution is 6.30. The van der Waals surface area contributed by atoms with Crippen LogP contribution in [-0.2, 0) is 0 Å². The zero-order chi connectivity index (χ0) is 15.5. The molecular formula is C16H16ClN3O2. The van der Waals surface area contributed by atoms with Crippen molar-refractivity contribution in [3.8, 4) is 0 Å². The number of hydrogen-bond acceptors (Lipinski definition) is 4. The molecule has 1 fully saturated rings. The Morgan fingerprint density at radius 1 is 0.909 bits per heavy atom. The van der Waals surface area contributed by atoms with Crippen molar-refractivity contribution in [2.45, 2.75) is 0 Å². The van der Waals surface area contributed by atoms with Crippen LogP contribution in [0, 0.1) is 10.1 Å². The predicted octanol–water partition coefficient (Wildman–Crippen LogP) is 3.57. The molecule has 0 saturated carbocycles. The van der Waals surface area contributed by atoms with Crippen molar-refractivity contribution in [1.82, 2.24) is 0 Å². The first-order chi connectivity index (χ1) is 10.6. The molecule has 3 rings (SSSR count). The summed E-state index contributed by atoms with van der Waals surface area (Å²) >= 11 is 5.91. The maximum absolute atomic E-state index is 11.1. The number of anilines is 2. The molecule has 2 aromatic rings. The Balaban J connectivity index is 1.72. The number of halogens is 1. The lowest BCUT2D eigenvalue weighted by Crippen LogP contribution is -2.46. The monoisotopic (exact) mass is 317 g/mol. The zero-order valence-electron chi connectivity index (χ0n) is 12.0. The highest BCUT2D eigenvalue weighted by Gasteiger charge is 2.23. The van der Waals surface area contributed by atoms with Crippen molar-refractivity contribution >= 4 is 28.7 Å². The first-order valence-electron chi connectivity index (χ1n) is 7.14.